The fourth-order valence-corrected chi connectivity index (χ4v) is 1.37. The van der Waals surface area contributed by atoms with E-state index in [-0.39, 0.29) is 11.3 Å². The Kier molecular flexibility index (Phi) is 4.37. The van der Waals surface area contributed by atoms with E-state index in [2.05, 4.69) is 5.32 Å². The van der Waals surface area contributed by atoms with Gasteiger partial charge in [0.2, 0.25) is 0 Å². The summed E-state index contributed by atoms with van der Waals surface area (Å²) in [7, 11) is 0. The second-order valence-electron chi connectivity index (χ2n) is 2.82. The fourth-order valence-electron chi connectivity index (χ4n) is 1.06. The molecule has 0 atom stereocenters. The van der Waals surface area contributed by atoms with Crippen LogP contribution in [0.5, 0.6) is 0 Å². The van der Waals surface area contributed by atoms with Crippen LogP contribution in [0.4, 0.5) is 14.5 Å². The number of nitriles is 1. The number of benzene rings is 1. The van der Waals surface area contributed by atoms with E-state index in [4.69, 9.17) is 5.26 Å². The summed E-state index contributed by atoms with van der Waals surface area (Å²) in [6, 6.07) is 4.22. The van der Waals surface area contributed by atoms with Gasteiger partial charge < -0.3 is 5.32 Å². The molecule has 0 heterocycles. The lowest BCUT2D eigenvalue weighted by atomic mass is 10.2. The van der Waals surface area contributed by atoms with Crippen molar-refractivity contribution in [2.45, 2.75) is 0 Å². The SMILES string of the molecule is CSCCNc1ccc(C#N)c(F)c1F. The maximum absolute atomic E-state index is 13.3. The minimum absolute atomic E-state index is 0.0977. The Bertz CT molecular complexity index is 388. The maximum Gasteiger partial charge on any atom is 0.183 e. The summed E-state index contributed by atoms with van der Waals surface area (Å²) in [5, 5.41) is 11.2. The van der Waals surface area contributed by atoms with E-state index in [0.717, 1.165) is 5.75 Å². The molecule has 0 aliphatic heterocycles. The highest BCUT2D eigenvalue weighted by molar-refractivity contribution is 7.98. The van der Waals surface area contributed by atoms with Crippen LogP contribution in [0.25, 0.3) is 0 Å². The first-order valence-electron chi connectivity index (χ1n) is 4.31. The van der Waals surface area contributed by atoms with Crippen molar-refractivity contribution in [3.05, 3.63) is 29.3 Å². The highest BCUT2D eigenvalue weighted by atomic mass is 32.2. The number of thioether (sulfide) groups is 1. The van der Waals surface area contributed by atoms with Gasteiger partial charge in [-0.3, -0.25) is 0 Å². The molecule has 0 aliphatic rings. The molecular formula is C10H10F2N2S. The van der Waals surface area contributed by atoms with Crippen LogP contribution in [0.3, 0.4) is 0 Å². The van der Waals surface area contributed by atoms with Crippen LogP contribution in [-0.2, 0) is 0 Å². The van der Waals surface area contributed by atoms with Gasteiger partial charge in [0.1, 0.15) is 6.07 Å². The molecule has 15 heavy (non-hydrogen) atoms. The average molecular weight is 228 g/mol. The third kappa shape index (κ3) is 2.83. The molecule has 0 spiro atoms. The van der Waals surface area contributed by atoms with Crippen molar-refractivity contribution in [1.82, 2.24) is 0 Å². The summed E-state index contributed by atoms with van der Waals surface area (Å²) >= 11 is 1.61. The van der Waals surface area contributed by atoms with E-state index >= 15 is 0 Å². The third-order valence-corrected chi connectivity index (χ3v) is 2.44. The van der Waals surface area contributed by atoms with Crippen molar-refractivity contribution >= 4 is 17.4 Å². The second kappa shape index (κ2) is 5.56. The van der Waals surface area contributed by atoms with Gasteiger partial charge in [0, 0.05) is 12.3 Å². The lowest BCUT2D eigenvalue weighted by molar-refractivity contribution is 0.509. The van der Waals surface area contributed by atoms with Crippen LogP contribution in [0.2, 0.25) is 0 Å². The lowest BCUT2D eigenvalue weighted by Gasteiger charge is -2.07. The van der Waals surface area contributed by atoms with E-state index in [1.807, 2.05) is 6.26 Å². The molecule has 1 aromatic rings. The number of rotatable bonds is 4. The van der Waals surface area contributed by atoms with Gasteiger partial charge in [-0.15, -0.1) is 0 Å². The van der Waals surface area contributed by atoms with Gasteiger partial charge in [0.25, 0.3) is 0 Å². The van der Waals surface area contributed by atoms with Gasteiger partial charge >= 0.3 is 0 Å². The zero-order valence-electron chi connectivity index (χ0n) is 8.18. The van der Waals surface area contributed by atoms with Crippen molar-refractivity contribution in [3.8, 4) is 6.07 Å². The van der Waals surface area contributed by atoms with Gasteiger partial charge in [0.05, 0.1) is 11.3 Å². The first-order chi connectivity index (χ1) is 7.20. The molecule has 0 amide bonds. The largest absolute Gasteiger partial charge is 0.382 e. The van der Waals surface area contributed by atoms with Crippen molar-refractivity contribution < 1.29 is 8.78 Å². The van der Waals surface area contributed by atoms with Crippen LogP contribution in [0, 0.1) is 23.0 Å². The van der Waals surface area contributed by atoms with E-state index in [1.54, 1.807) is 17.8 Å². The predicted molar refractivity (Wildman–Crippen MR) is 57.9 cm³/mol. The van der Waals surface area contributed by atoms with Crippen molar-refractivity contribution in [2.75, 3.05) is 23.9 Å². The molecule has 0 radical (unpaired) electrons. The van der Waals surface area contributed by atoms with Crippen LogP contribution in [0.15, 0.2) is 12.1 Å². The summed E-state index contributed by atoms with van der Waals surface area (Å²) in [5.41, 5.74) is -0.177. The number of anilines is 1. The molecule has 5 heteroatoms. The van der Waals surface area contributed by atoms with Gasteiger partial charge in [-0.2, -0.15) is 17.0 Å². The summed E-state index contributed by atoms with van der Waals surface area (Å²) in [6.45, 7) is 0.559. The summed E-state index contributed by atoms with van der Waals surface area (Å²) in [6.07, 6.45) is 1.93. The molecule has 80 valence electrons. The third-order valence-electron chi connectivity index (χ3n) is 1.82. The molecule has 0 aromatic heterocycles. The Morgan fingerprint density at radius 1 is 1.40 bits per heavy atom. The number of hydrogen-bond acceptors (Lipinski definition) is 3. The zero-order valence-corrected chi connectivity index (χ0v) is 9.00. The topological polar surface area (TPSA) is 35.8 Å². The highest BCUT2D eigenvalue weighted by Crippen LogP contribution is 2.19. The van der Waals surface area contributed by atoms with Crippen LogP contribution >= 0.6 is 11.8 Å². The highest BCUT2D eigenvalue weighted by Gasteiger charge is 2.12. The Labute approximate surface area is 91.3 Å². The fraction of sp³-hybridized carbons (Fsp3) is 0.300. The van der Waals surface area contributed by atoms with Crippen molar-refractivity contribution in [2.24, 2.45) is 0 Å². The molecule has 0 unspecified atom stereocenters. The molecule has 1 aromatic carbocycles. The summed E-state index contributed by atoms with van der Waals surface area (Å²) in [4.78, 5) is 0. The van der Waals surface area contributed by atoms with Crippen molar-refractivity contribution in [1.29, 1.82) is 5.26 Å². The van der Waals surface area contributed by atoms with Crippen LogP contribution in [0.1, 0.15) is 5.56 Å². The summed E-state index contributed by atoms with van der Waals surface area (Å²) in [5.74, 6) is -1.28. The maximum atomic E-state index is 13.3. The minimum Gasteiger partial charge on any atom is -0.382 e. The second-order valence-corrected chi connectivity index (χ2v) is 3.81. The first-order valence-corrected chi connectivity index (χ1v) is 5.71. The molecule has 1 N–H and O–H groups in total. The number of hydrogen-bond donors (Lipinski definition) is 1. The lowest BCUT2D eigenvalue weighted by Crippen LogP contribution is -2.07. The van der Waals surface area contributed by atoms with Gasteiger partial charge in [-0.05, 0) is 18.4 Å². The monoisotopic (exact) mass is 228 g/mol. The minimum atomic E-state index is -1.09. The quantitative estimate of drug-likeness (QED) is 0.805. The molecule has 1 rings (SSSR count). The molecule has 0 saturated carbocycles. The Morgan fingerprint density at radius 2 is 2.13 bits per heavy atom. The average Bonchev–Trinajstić information content (AvgIpc) is 2.25. The zero-order chi connectivity index (χ0) is 11.3. The molecular weight excluding hydrogens is 218 g/mol. The van der Waals surface area contributed by atoms with Gasteiger partial charge in [0.15, 0.2) is 11.6 Å². The van der Waals surface area contributed by atoms with E-state index in [1.165, 1.54) is 12.1 Å². The Hall–Kier alpha value is -1.28. The smallest absolute Gasteiger partial charge is 0.183 e. The number of nitrogens with zero attached hydrogens (tertiary/aromatic N) is 1. The van der Waals surface area contributed by atoms with Crippen molar-refractivity contribution in [3.63, 3.8) is 0 Å². The standard InChI is InChI=1S/C10H10F2N2S/c1-15-5-4-14-8-3-2-7(6-13)9(11)10(8)12/h2-3,14H,4-5H2,1H3. The Morgan fingerprint density at radius 3 is 2.73 bits per heavy atom. The summed E-state index contributed by atoms with van der Waals surface area (Å²) < 4.78 is 26.4. The normalized spacial score (nSPS) is 9.73. The molecule has 0 saturated heterocycles. The van der Waals surface area contributed by atoms with Crippen LogP contribution in [-0.4, -0.2) is 18.6 Å². The number of halogens is 2. The first kappa shape index (κ1) is 11.8. The van der Waals surface area contributed by atoms with E-state index < -0.39 is 11.6 Å². The van der Waals surface area contributed by atoms with E-state index in [9.17, 15) is 8.78 Å². The Balaban J connectivity index is 2.83. The predicted octanol–water partition coefficient (Wildman–Crippen LogP) is 2.61. The molecule has 0 bridgehead atoms. The molecule has 2 nitrogen and oxygen atoms in total. The number of nitrogens with one attached hydrogen (secondary N) is 1. The van der Waals surface area contributed by atoms with Gasteiger partial charge in [-0.25, -0.2) is 8.78 Å². The van der Waals surface area contributed by atoms with E-state index in [0.29, 0.717) is 6.54 Å². The van der Waals surface area contributed by atoms with Crippen LogP contribution < -0.4 is 5.32 Å². The molecule has 0 aliphatic carbocycles. The molecule has 0 fully saturated rings. The van der Waals surface area contributed by atoms with Gasteiger partial charge in [-0.1, -0.05) is 0 Å².